The van der Waals surface area contributed by atoms with E-state index >= 15 is 0 Å². The summed E-state index contributed by atoms with van der Waals surface area (Å²) in [5.41, 5.74) is 4.45. The summed E-state index contributed by atoms with van der Waals surface area (Å²) in [6.45, 7) is 3.64. The van der Waals surface area contributed by atoms with Crippen LogP contribution in [0, 0.1) is 0 Å². The summed E-state index contributed by atoms with van der Waals surface area (Å²) in [5.74, 6) is 0. The topological polar surface area (TPSA) is 27.3 Å². The molecule has 3 nitrogen and oxygen atoms in total. The Balaban J connectivity index is 0.00000128. The minimum absolute atomic E-state index is 0. The largest absolute Gasteiger partial charge is 1.00 e. The second kappa shape index (κ2) is 7.19. The van der Waals surface area contributed by atoms with Crippen LogP contribution in [0.15, 0.2) is 18.2 Å². The summed E-state index contributed by atoms with van der Waals surface area (Å²) < 4.78 is 0. The van der Waals surface area contributed by atoms with Crippen LogP contribution in [0.4, 0.5) is 0 Å². The second-order valence-electron chi connectivity index (χ2n) is 3.51. The molecule has 1 aromatic carbocycles. The van der Waals surface area contributed by atoms with E-state index in [1.165, 1.54) is 0 Å². The standard InChI is InChI=1S/C10H13Cl2N3.Na.H/c11-9-2-1-8(5-10(9)12)6-15-7-13-3-4-14-15;;/h1-2,5,13-14H,3-4,6-7H2;;/q;+1;-1. The van der Waals surface area contributed by atoms with Gasteiger partial charge in [-0.1, -0.05) is 29.3 Å². The van der Waals surface area contributed by atoms with E-state index in [1.807, 2.05) is 18.2 Å². The van der Waals surface area contributed by atoms with Gasteiger partial charge in [0, 0.05) is 19.6 Å². The molecule has 84 valence electrons. The third-order valence-electron chi connectivity index (χ3n) is 2.30. The Kier molecular flexibility index (Phi) is 6.62. The number of nitrogens with one attached hydrogen (secondary N) is 2. The van der Waals surface area contributed by atoms with Crippen molar-refractivity contribution in [3.8, 4) is 0 Å². The van der Waals surface area contributed by atoms with Crippen LogP contribution in [-0.4, -0.2) is 24.8 Å². The van der Waals surface area contributed by atoms with E-state index in [9.17, 15) is 0 Å². The summed E-state index contributed by atoms with van der Waals surface area (Å²) in [5, 5.41) is 6.61. The molecule has 0 unspecified atom stereocenters. The minimum Gasteiger partial charge on any atom is -1.00 e. The van der Waals surface area contributed by atoms with Crippen LogP contribution in [-0.2, 0) is 6.54 Å². The van der Waals surface area contributed by atoms with Crippen LogP contribution >= 0.6 is 23.2 Å². The van der Waals surface area contributed by atoms with Crippen molar-refractivity contribution < 1.29 is 31.0 Å². The van der Waals surface area contributed by atoms with Gasteiger partial charge in [-0.15, -0.1) is 0 Å². The second-order valence-corrected chi connectivity index (χ2v) is 4.33. The molecular formula is C10H14Cl2N3Na. The van der Waals surface area contributed by atoms with Gasteiger partial charge in [0.1, 0.15) is 0 Å². The molecule has 0 saturated carbocycles. The van der Waals surface area contributed by atoms with Gasteiger partial charge in [0.15, 0.2) is 0 Å². The maximum absolute atomic E-state index is 5.95. The Morgan fingerprint density at radius 1 is 1.25 bits per heavy atom. The molecule has 1 aliphatic rings. The van der Waals surface area contributed by atoms with Gasteiger partial charge in [0.25, 0.3) is 0 Å². The Bertz CT molecular complexity index is 348. The fraction of sp³-hybridized carbons (Fsp3) is 0.400. The SMILES string of the molecule is Clc1ccc(CN2CNCCN2)cc1Cl.[H-].[Na+]. The smallest absolute Gasteiger partial charge is 1.00 e. The first-order valence-electron chi connectivity index (χ1n) is 4.89. The molecule has 1 heterocycles. The summed E-state index contributed by atoms with van der Waals surface area (Å²) in [7, 11) is 0. The molecule has 2 rings (SSSR count). The summed E-state index contributed by atoms with van der Waals surface area (Å²) in [6.07, 6.45) is 0. The number of hydrogen-bond acceptors (Lipinski definition) is 3. The zero-order valence-electron chi connectivity index (χ0n) is 10.3. The molecule has 0 bridgehead atoms. The zero-order chi connectivity index (χ0) is 10.7. The maximum Gasteiger partial charge on any atom is 1.00 e. The monoisotopic (exact) mass is 269 g/mol. The van der Waals surface area contributed by atoms with Gasteiger partial charge in [-0.05, 0) is 17.7 Å². The van der Waals surface area contributed by atoms with Crippen molar-refractivity contribution in [2.45, 2.75) is 6.54 Å². The van der Waals surface area contributed by atoms with Gasteiger partial charge in [0.2, 0.25) is 0 Å². The van der Waals surface area contributed by atoms with Crippen molar-refractivity contribution in [2.75, 3.05) is 19.8 Å². The van der Waals surface area contributed by atoms with Crippen molar-refractivity contribution in [1.82, 2.24) is 15.8 Å². The molecular weight excluding hydrogens is 256 g/mol. The Morgan fingerprint density at radius 3 is 2.69 bits per heavy atom. The molecule has 0 spiro atoms. The first-order chi connectivity index (χ1) is 7.25. The Morgan fingerprint density at radius 2 is 2.06 bits per heavy atom. The van der Waals surface area contributed by atoms with E-state index in [0.29, 0.717) is 10.0 Å². The average Bonchev–Trinajstić information content (AvgIpc) is 2.25. The molecule has 0 aliphatic carbocycles. The maximum atomic E-state index is 5.95. The third kappa shape index (κ3) is 4.17. The Hall–Kier alpha value is 0.680. The van der Waals surface area contributed by atoms with Gasteiger partial charge < -0.3 is 6.74 Å². The van der Waals surface area contributed by atoms with E-state index in [2.05, 4.69) is 15.8 Å². The predicted octanol–water partition coefficient (Wildman–Crippen LogP) is -1.02. The zero-order valence-corrected chi connectivity index (χ0v) is 12.8. The summed E-state index contributed by atoms with van der Waals surface area (Å²) >= 11 is 11.8. The van der Waals surface area contributed by atoms with Crippen LogP contribution in [0.25, 0.3) is 0 Å². The van der Waals surface area contributed by atoms with Crippen molar-refractivity contribution in [3.63, 3.8) is 0 Å². The average molecular weight is 270 g/mol. The number of hydrogen-bond donors (Lipinski definition) is 2. The summed E-state index contributed by atoms with van der Waals surface area (Å²) in [6, 6.07) is 5.72. The molecule has 1 aromatic rings. The van der Waals surface area contributed by atoms with Crippen LogP contribution in [0.5, 0.6) is 0 Å². The number of benzene rings is 1. The van der Waals surface area contributed by atoms with Crippen molar-refractivity contribution in [2.24, 2.45) is 0 Å². The van der Waals surface area contributed by atoms with Crippen molar-refractivity contribution in [1.29, 1.82) is 0 Å². The number of rotatable bonds is 2. The fourth-order valence-electron chi connectivity index (χ4n) is 1.54. The van der Waals surface area contributed by atoms with Crippen molar-refractivity contribution >= 4 is 23.2 Å². The van der Waals surface area contributed by atoms with Gasteiger partial charge in [-0.2, -0.15) is 0 Å². The van der Waals surface area contributed by atoms with Gasteiger partial charge in [-0.3, -0.25) is 5.43 Å². The van der Waals surface area contributed by atoms with E-state index in [1.54, 1.807) is 0 Å². The number of hydrazine groups is 1. The predicted molar refractivity (Wildman–Crippen MR) is 64.0 cm³/mol. The number of nitrogens with zero attached hydrogens (tertiary/aromatic N) is 1. The van der Waals surface area contributed by atoms with Crippen LogP contribution < -0.4 is 40.3 Å². The van der Waals surface area contributed by atoms with E-state index < -0.39 is 0 Å². The fourth-order valence-corrected chi connectivity index (χ4v) is 1.86. The molecule has 2 N–H and O–H groups in total. The first-order valence-corrected chi connectivity index (χ1v) is 5.64. The van der Waals surface area contributed by atoms with Gasteiger partial charge in [0.05, 0.1) is 16.7 Å². The molecule has 0 radical (unpaired) electrons. The molecule has 0 aromatic heterocycles. The van der Waals surface area contributed by atoms with E-state index in [0.717, 1.165) is 31.9 Å². The molecule has 1 fully saturated rings. The molecule has 1 aliphatic heterocycles. The van der Waals surface area contributed by atoms with Crippen LogP contribution in [0.2, 0.25) is 10.0 Å². The Labute approximate surface area is 129 Å². The first kappa shape index (κ1) is 14.7. The minimum atomic E-state index is 0. The molecule has 0 amide bonds. The van der Waals surface area contributed by atoms with Gasteiger partial charge in [-0.25, -0.2) is 5.01 Å². The van der Waals surface area contributed by atoms with Crippen LogP contribution in [0.1, 0.15) is 6.99 Å². The quantitative estimate of drug-likeness (QED) is 0.673. The van der Waals surface area contributed by atoms with Crippen molar-refractivity contribution in [3.05, 3.63) is 33.8 Å². The third-order valence-corrected chi connectivity index (χ3v) is 3.04. The van der Waals surface area contributed by atoms with Crippen LogP contribution in [0.3, 0.4) is 0 Å². The number of halogens is 2. The molecule has 6 heteroatoms. The molecule has 1 saturated heterocycles. The normalized spacial score (nSPS) is 16.9. The molecule has 16 heavy (non-hydrogen) atoms. The summed E-state index contributed by atoms with van der Waals surface area (Å²) in [4.78, 5) is 0. The van der Waals surface area contributed by atoms with E-state index in [-0.39, 0.29) is 31.0 Å². The van der Waals surface area contributed by atoms with E-state index in [4.69, 9.17) is 23.2 Å². The van der Waals surface area contributed by atoms with Gasteiger partial charge >= 0.3 is 29.6 Å². The molecule has 0 atom stereocenters.